The number of amides is 1. The van der Waals surface area contributed by atoms with Crippen molar-refractivity contribution in [1.82, 2.24) is 9.88 Å². The number of nitrogens with zero attached hydrogens (tertiary/aromatic N) is 2. The zero-order valence-corrected chi connectivity index (χ0v) is 11.7. The average molecular weight is 315 g/mol. The lowest BCUT2D eigenvalue weighted by Crippen LogP contribution is -2.46. The van der Waals surface area contributed by atoms with E-state index in [4.69, 9.17) is 9.47 Å². The van der Waals surface area contributed by atoms with E-state index in [2.05, 4.69) is 20.9 Å². The molecule has 1 atom stereocenters. The highest BCUT2D eigenvalue weighted by Crippen LogP contribution is 2.17. The summed E-state index contributed by atoms with van der Waals surface area (Å²) >= 11 is 3.31. The lowest BCUT2D eigenvalue weighted by atomic mass is 10.3. The largest absolute Gasteiger partial charge is 0.479 e. The third-order valence-corrected chi connectivity index (χ3v) is 3.10. The smallest absolute Gasteiger partial charge is 0.263 e. The molecular weight excluding hydrogens is 300 g/mol. The van der Waals surface area contributed by atoms with E-state index < -0.39 is 6.10 Å². The summed E-state index contributed by atoms with van der Waals surface area (Å²) in [5, 5.41) is 0. The van der Waals surface area contributed by atoms with Crippen LogP contribution in [0.2, 0.25) is 0 Å². The van der Waals surface area contributed by atoms with Crippen molar-refractivity contribution in [1.29, 1.82) is 0 Å². The monoisotopic (exact) mass is 314 g/mol. The molecule has 1 unspecified atom stereocenters. The SMILES string of the molecule is CC(Oc1cncc(Br)c1)C(=O)N1CCOCC1. The predicted molar refractivity (Wildman–Crippen MR) is 69.4 cm³/mol. The minimum absolute atomic E-state index is 0.0155. The lowest BCUT2D eigenvalue weighted by Gasteiger charge is -2.29. The minimum Gasteiger partial charge on any atom is -0.479 e. The molecule has 0 radical (unpaired) electrons. The normalized spacial score (nSPS) is 17.3. The highest BCUT2D eigenvalue weighted by Gasteiger charge is 2.23. The maximum Gasteiger partial charge on any atom is 0.263 e. The Morgan fingerprint density at radius 3 is 2.89 bits per heavy atom. The van der Waals surface area contributed by atoms with E-state index in [0.717, 1.165) is 4.47 Å². The van der Waals surface area contributed by atoms with E-state index in [-0.39, 0.29) is 5.91 Å². The maximum atomic E-state index is 12.1. The molecule has 1 aliphatic heterocycles. The van der Waals surface area contributed by atoms with E-state index in [0.29, 0.717) is 32.1 Å². The Morgan fingerprint density at radius 2 is 2.22 bits per heavy atom. The third-order valence-electron chi connectivity index (χ3n) is 2.66. The maximum absolute atomic E-state index is 12.1. The lowest BCUT2D eigenvalue weighted by molar-refractivity contribution is -0.142. The zero-order valence-electron chi connectivity index (χ0n) is 10.1. The first kappa shape index (κ1) is 13.3. The summed E-state index contributed by atoms with van der Waals surface area (Å²) in [4.78, 5) is 17.9. The molecule has 2 rings (SSSR count). The summed E-state index contributed by atoms with van der Waals surface area (Å²) in [6.07, 6.45) is 2.74. The van der Waals surface area contributed by atoms with Crippen molar-refractivity contribution in [3.05, 3.63) is 22.9 Å². The molecule has 1 amide bonds. The van der Waals surface area contributed by atoms with Crippen molar-refractivity contribution in [2.24, 2.45) is 0 Å². The fraction of sp³-hybridized carbons (Fsp3) is 0.500. The van der Waals surface area contributed by atoms with E-state index >= 15 is 0 Å². The van der Waals surface area contributed by atoms with Gasteiger partial charge in [-0.25, -0.2) is 0 Å². The Kier molecular flexibility index (Phi) is 4.54. The van der Waals surface area contributed by atoms with Crippen molar-refractivity contribution in [2.75, 3.05) is 26.3 Å². The molecule has 5 nitrogen and oxygen atoms in total. The number of morpholine rings is 1. The Hall–Kier alpha value is -1.14. The van der Waals surface area contributed by atoms with Gasteiger partial charge in [-0.3, -0.25) is 9.78 Å². The molecule has 1 aliphatic rings. The van der Waals surface area contributed by atoms with Gasteiger partial charge in [-0.15, -0.1) is 0 Å². The summed E-state index contributed by atoms with van der Waals surface area (Å²) in [7, 11) is 0. The van der Waals surface area contributed by atoms with Crippen molar-refractivity contribution in [3.63, 3.8) is 0 Å². The van der Waals surface area contributed by atoms with Gasteiger partial charge >= 0.3 is 0 Å². The Morgan fingerprint density at radius 1 is 1.50 bits per heavy atom. The average Bonchev–Trinajstić information content (AvgIpc) is 2.39. The van der Waals surface area contributed by atoms with Gasteiger partial charge in [0.25, 0.3) is 5.91 Å². The van der Waals surface area contributed by atoms with Crippen LogP contribution >= 0.6 is 15.9 Å². The van der Waals surface area contributed by atoms with Crippen LogP contribution in [0.3, 0.4) is 0 Å². The number of rotatable bonds is 3. The van der Waals surface area contributed by atoms with Gasteiger partial charge in [-0.1, -0.05) is 0 Å². The summed E-state index contributed by atoms with van der Waals surface area (Å²) < 4.78 is 11.6. The number of pyridine rings is 1. The summed E-state index contributed by atoms with van der Waals surface area (Å²) in [5.74, 6) is 0.566. The molecule has 2 heterocycles. The Labute approximate surface area is 114 Å². The predicted octanol–water partition coefficient (Wildman–Crippen LogP) is 1.47. The molecule has 1 aromatic heterocycles. The second-order valence-corrected chi connectivity index (χ2v) is 4.95. The van der Waals surface area contributed by atoms with Gasteiger partial charge in [0.1, 0.15) is 5.75 Å². The van der Waals surface area contributed by atoms with Crippen LogP contribution in [0.4, 0.5) is 0 Å². The van der Waals surface area contributed by atoms with E-state index in [1.54, 1.807) is 30.3 Å². The first-order chi connectivity index (χ1) is 8.66. The van der Waals surface area contributed by atoms with Gasteiger partial charge in [0.2, 0.25) is 0 Å². The van der Waals surface area contributed by atoms with Crippen molar-refractivity contribution < 1.29 is 14.3 Å². The van der Waals surface area contributed by atoms with Crippen LogP contribution in [-0.4, -0.2) is 48.2 Å². The molecule has 0 aromatic carbocycles. The number of halogens is 1. The zero-order chi connectivity index (χ0) is 13.0. The molecular formula is C12H15BrN2O3. The van der Waals surface area contributed by atoms with Gasteiger partial charge in [0.15, 0.2) is 6.10 Å². The molecule has 0 aliphatic carbocycles. The van der Waals surface area contributed by atoms with Crippen LogP contribution in [0, 0.1) is 0 Å². The first-order valence-corrected chi connectivity index (χ1v) is 6.60. The number of carbonyl (C=O) groups excluding carboxylic acids is 1. The van der Waals surface area contributed by atoms with E-state index in [1.165, 1.54) is 0 Å². The van der Waals surface area contributed by atoms with Gasteiger partial charge in [0, 0.05) is 23.8 Å². The quantitative estimate of drug-likeness (QED) is 0.848. The molecule has 0 N–H and O–H groups in total. The number of hydrogen-bond acceptors (Lipinski definition) is 4. The van der Waals surface area contributed by atoms with Crippen LogP contribution in [0.5, 0.6) is 5.75 Å². The molecule has 1 fully saturated rings. The molecule has 1 saturated heterocycles. The van der Waals surface area contributed by atoms with E-state index in [1.807, 2.05) is 0 Å². The van der Waals surface area contributed by atoms with E-state index in [9.17, 15) is 4.79 Å². The number of ether oxygens (including phenoxy) is 2. The number of carbonyl (C=O) groups is 1. The van der Waals surface area contributed by atoms with Crippen LogP contribution in [0.25, 0.3) is 0 Å². The minimum atomic E-state index is -0.515. The third kappa shape index (κ3) is 3.43. The Balaban J connectivity index is 1.94. The first-order valence-electron chi connectivity index (χ1n) is 5.80. The van der Waals surface area contributed by atoms with Gasteiger partial charge in [-0.2, -0.15) is 0 Å². The fourth-order valence-electron chi connectivity index (χ4n) is 1.75. The number of aromatic nitrogens is 1. The van der Waals surface area contributed by atoms with Crippen LogP contribution in [0.15, 0.2) is 22.9 Å². The summed E-state index contributed by atoms with van der Waals surface area (Å²) in [6.45, 7) is 4.19. The van der Waals surface area contributed by atoms with Crippen molar-refractivity contribution in [2.45, 2.75) is 13.0 Å². The van der Waals surface area contributed by atoms with Crippen LogP contribution in [-0.2, 0) is 9.53 Å². The summed E-state index contributed by atoms with van der Waals surface area (Å²) in [6, 6.07) is 1.79. The molecule has 0 bridgehead atoms. The number of hydrogen-bond donors (Lipinski definition) is 0. The van der Waals surface area contributed by atoms with Crippen LogP contribution in [0.1, 0.15) is 6.92 Å². The highest BCUT2D eigenvalue weighted by molar-refractivity contribution is 9.10. The van der Waals surface area contributed by atoms with Crippen molar-refractivity contribution in [3.8, 4) is 5.75 Å². The molecule has 1 aromatic rings. The molecule has 18 heavy (non-hydrogen) atoms. The van der Waals surface area contributed by atoms with Gasteiger partial charge < -0.3 is 14.4 Å². The molecule has 0 saturated carbocycles. The summed E-state index contributed by atoms with van der Waals surface area (Å²) in [5.41, 5.74) is 0. The van der Waals surface area contributed by atoms with Gasteiger partial charge in [-0.05, 0) is 28.9 Å². The topological polar surface area (TPSA) is 51.7 Å². The fourth-order valence-corrected chi connectivity index (χ4v) is 2.10. The molecule has 6 heteroatoms. The second-order valence-electron chi connectivity index (χ2n) is 4.04. The highest BCUT2D eigenvalue weighted by atomic mass is 79.9. The standard InChI is InChI=1S/C12H15BrN2O3/c1-9(12(16)15-2-4-17-5-3-15)18-11-6-10(13)7-14-8-11/h6-9H,2-5H2,1H3. The Bertz CT molecular complexity index is 422. The van der Waals surface area contributed by atoms with Gasteiger partial charge in [0.05, 0.1) is 19.4 Å². The molecule has 0 spiro atoms. The molecule has 98 valence electrons. The second kappa shape index (κ2) is 6.15. The van der Waals surface area contributed by atoms with Crippen LogP contribution < -0.4 is 4.74 Å². The van der Waals surface area contributed by atoms with Crippen molar-refractivity contribution >= 4 is 21.8 Å².